The van der Waals surface area contributed by atoms with Crippen molar-refractivity contribution >= 4 is 0 Å². The largest absolute Gasteiger partial charge is 0.493 e. The van der Waals surface area contributed by atoms with Crippen molar-refractivity contribution in [1.29, 1.82) is 0 Å². The lowest BCUT2D eigenvalue weighted by Crippen LogP contribution is -2.22. The van der Waals surface area contributed by atoms with E-state index in [1.165, 1.54) is 36.8 Å². The van der Waals surface area contributed by atoms with Gasteiger partial charge in [-0.25, -0.2) is 0 Å². The molecular formula is C20H31NO2. The van der Waals surface area contributed by atoms with Gasteiger partial charge in [-0.2, -0.15) is 0 Å². The number of nitrogens with two attached hydrogens (primary N) is 1. The van der Waals surface area contributed by atoms with Gasteiger partial charge in [-0.3, -0.25) is 0 Å². The van der Waals surface area contributed by atoms with Crippen molar-refractivity contribution in [2.75, 3.05) is 19.8 Å². The fourth-order valence-corrected chi connectivity index (χ4v) is 2.73. The second kappa shape index (κ2) is 8.16. The van der Waals surface area contributed by atoms with Gasteiger partial charge in [0.2, 0.25) is 0 Å². The quantitative estimate of drug-likeness (QED) is 0.633. The lowest BCUT2D eigenvalue weighted by atomic mass is 10.0. The maximum Gasteiger partial charge on any atom is 0.122 e. The summed E-state index contributed by atoms with van der Waals surface area (Å²) in [7, 11) is 0. The predicted molar refractivity (Wildman–Crippen MR) is 93.9 cm³/mol. The second-order valence-corrected chi connectivity index (χ2v) is 7.34. The molecule has 3 heteroatoms. The van der Waals surface area contributed by atoms with E-state index < -0.39 is 0 Å². The van der Waals surface area contributed by atoms with Crippen molar-refractivity contribution in [3.05, 3.63) is 29.3 Å². The molecule has 2 N–H and O–H groups in total. The molecule has 2 aliphatic carbocycles. The van der Waals surface area contributed by atoms with Gasteiger partial charge in [0.25, 0.3) is 0 Å². The Balaban J connectivity index is 1.56. The Morgan fingerprint density at radius 3 is 2.57 bits per heavy atom. The zero-order valence-corrected chi connectivity index (χ0v) is 14.4. The van der Waals surface area contributed by atoms with Gasteiger partial charge in [0.1, 0.15) is 5.75 Å². The number of rotatable bonds is 11. The summed E-state index contributed by atoms with van der Waals surface area (Å²) in [4.78, 5) is 0. The van der Waals surface area contributed by atoms with Crippen LogP contribution in [0.1, 0.15) is 50.2 Å². The lowest BCUT2D eigenvalue weighted by molar-refractivity contribution is 0.127. The Labute approximate surface area is 140 Å². The molecule has 1 aromatic carbocycles. The molecule has 1 unspecified atom stereocenters. The van der Waals surface area contributed by atoms with Crippen LogP contribution in [0, 0.1) is 11.8 Å². The van der Waals surface area contributed by atoms with Crippen LogP contribution in [-0.4, -0.2) is 25.9 Å². The molecule has 0 bridgehead atoms. The van der Waals surface area contributed by atoms with E-state index in [4.69, 9.17) is 15.2 Å². The van der Waals surface area contributed by atoms with E-state index in [9.17, 15) is 0 Å². The molecule has 0 heterocycles. The SMILES string of the molecule is CCC(N)Cc1cc(CCOCC2CC2)ccc1OCC1CC1. The van der Waals surface area contributed by atoms with E-state index in [1.807, 2.05) is 0 Å². The van der Waals surface area contributed by atoms with Crippen molar-refractivity contribution in [1.82, 2.24) is 0 Å². The van der Waals surface area contributed by atoms with Gasteiger partial charge in [-0.15, -0.1) is 0 Å². The number of hydrogen-bond acceptors (Lipinski definition) is 3. The smallest absolute Gasteiger partial charge is 0.122 e. The van der Waals surface area contributed by atoms with Gasteiger partial charge in [0, 0.05) is 12.6 Å². The summed E-state index contributed by atoms with van der Waals surface area (Å²) < 4.78 is 11.8. The first kappa shape index (κ1) is 16.8. The van der Waals surface area contributed by atoms with Crippen LogP contribution in [0.4, 0.5) is 0 Å². The normalized spacial score (nSPS) is 18.9. The van der Waals surface area contributed by atoms with E-state index in [0.717, 1.165) is 56.7 Å². The summed E-state index contributed by atoms with van der Waals surface area (Å²) in [5.41, 5.74) is 8.77. The molecule has 1 atom stereocenters. The van der Waals surface area contributed by atoms with Gasteiger partial charge in [0.15, 0.2) is 0 Å². The maximum absolute atomic E-state index is 6.17. The van der Waals surface area contributed by atoms with Crippen molar-refractivity contribution in [2.45, 2.75) is 57.9 Å². The molecule has 0 aliphatic heterocycles. The Morgan fingerprint density at radius 2 is 1.87 bits per heavy atom. The molecular weight excluding hydrogens is 286 g/mol. The molecule has 128 valence electrons. The zero-order valence-electron chi connectivity index (χ0n) is 14.4. The Morgan fingerprint density at radius 1 is 1.13 bits per heavy atom. The van der Waals surface area contributed by atoms with E-state index in [0.29, 0.717) is 0 Å². The van der Waals surface area contributed by atoms with E-state index >= 15 is 0 Å². The monoisotopic (exact) mass is 317 g/mol. The minimum absolute atomic E-state index is 0.208. The van der Waals surface area contributed by atoms with E-state index in [2.05, 4.69) is 25.1 Å². The fourth-order valence-electron chi connectivity index (χ4n) is 2.73. The number of ether oxygens (including phenoxy) is 2. The third-order valence-corrected chi connectivity index (χ3v) is 4.89. The summed E-state index contributed by atoms with van der Waals surface area (Å²) in [6.07, 6.45) is 8.21. The van der Waals surface area contributed by atoms with E-state index in [1.54, 1.807) is 0 Å². The fraction of sp³-hybridized carbons (Fsp3) is 0.700. The van der Waals surface area contributed by atoms with Crippen molar-refractivity contribution in [3.8, 4) is 5.75 Å². The van der Waals surface area contributed by atoms with Crippen LogP contribution in [0.25, 0.3) is 0 Å². The molecule has 23 heavy (non-hydrogen) atoms. The van der Waals surface area contributed by atoms with Crippen LogP contribution in [0.5, 0.6) is 5.75 Å². The third-order valence-electron chi connectivity index (χ3n) is 4.89. The summed E-state index contributed by atoms with van der Waals surface area (Å²) in [5.74, 6) is 2.65. The molecule has 1 aromatic rings. The Kier molecular flexibility index (Phi) is 5.96. The summed E-state index contributed by atoms with van der Waals surface area (Å²) >= 11 is 0. The van der Waals surface area contributed by atoms with Crippen LogP contribution in [0.15, 0.2) is 18.2 Å². The van der Waals surface area contributed by atoms with E-state index in [-0.39, 0.29) is 6.04 Å². The van der Waals surface area contributed by atoms with Crippen LogP contribution < -0.4 is 10.5 Å². The zero-order chi connectivity index (χ0) is 16.1. The Hall–Kier alpha value is -1.06. The van der Waals surface area contributed by atoms with Crippen molar-refractivity contribution in [3.63, 3.8) is 0 Å². The summed E-state index contributed by atoms with van der Waals surface area (Å²) in [6, 6.07) is 6.80. The highest BCUT2D eigenvalue weighted by Gasteiger charge is 2.23. The molecule has 0 saturated heterocycles. The first-order valence-corrected chi connectivity index (χ1v) is 9.32. The average molecular weight is 317 g/mol. The molecule has 0 amide bonds. The molecule has 0 aromatic heterocycles. The molecule has 3 rings (SSSR count). The third kappa shape index (κ3) is 5.82. The van der Waals surface area contributed by atoms with Gasteiger partial charge in [-0.05, 0) is 74.0 Å². The second-order valence-electron chi connectivity index (χ2n) is 7.34. The molecule has 3 nitrogen and oxygen atoms in total. The van der Waals surface area contributed by atoms with Gasteiger partial charge >= 0.3 is 0 Å². The molecule has 2 fully saturated rings. The number of benzene rings is 1. The molecule has 0 radical (unpaired) electrons. The highest BCUT2D eigenvalue weighted by atomic mass is 16.5. The highest BCUT2D eigenvalue weighted by Crippen LogP contribution is 2.31. The topological polar surface area (TPSA) is 44.5 Å². The standard InChI is InChI=1S/C20H31NO2/c1-2-19(21)12-18-11-15(9-10-22-13-16-3-4-16)7-8-20(18)23-14-17-5-6-17/h7-8,11,16-17,19H,2-6,9-10,12-14,21H2,1H3. The van der Waals surface area contributed by atoms with Gasteiger partial charge in [-0.1, -0.05) is 19.1 Å². The molecule has 2 saturated carbocycles. The molecule has 2 aliphatic rings. The van der Waals surface area contributed by atoms with Crippen molar-refractivity contribution in [2.24, 2.45) is 17.6 Å². The van der Waals surface area contributed by atoms with Crippen LogP contribution in [-0.2, 0) is 17.6 Å². The van der Waals surface area contributed by atoms with Crippen LogP contribution >= 0.6 is 0 Å². The highest BCUT2D eigenvalue weighted by molar-refractivity contribution is 5.38. The maximum atomic E-state index is 6.17. The lowest BCUT2D eigenvalue weighted by Gasteiger charge is -2.16. The van der Waals surface area contributed by atoms with Gasteiger partial charge in [0.05, 0.1) is 13.2 Å². The predicted octanol–water partition coefficient (Wildman–Crippen LogP) is 3.72. The first-order chi connectivity index (χ1) is 11.2. The van der Waals surface area contributed by atoms with Crippen LogP contribution in [0.3, 0.4) is 0 Å². The Bertz CT molecular complexity index is 494. The minimum atomic E-state index is 0.208. The molecule has 0 spiro atoms. The summed E-state index contributed by atoms with van der Waals surface area (Å²) in [6.45, 7) is 4.76. The average Bonchev–Trinajstić information content (AvgIpc) is 3.45. The number of hydrogen-bond donors (Lipinski definition) is 1. The minimum Gasteiger partial charge on any atom is -0.493 e. The van der Waals surface area contributed by atoms with Gasteiger partial charge < -0.3 is 15.2 Å². The van der Waals surface area contributed by atoms with Crippen molar-refractivity contribution < 1.29 is 9.47 Å². The first-order valence-electron chi connectivity index (χ1n) is 9.32. The van der Waals surface area contributed by atoms with Crippen LogP contribution in [0.2, 0.25) is 0 Å². The summed E-state index contributed by atoms with van der Waals surface area (Å²) in [5, 5.41) is 0.